The van der Waals surface area contributed by atoms with E-state index in [9.17, 15) is 4.79 Å². The van der Waals surface area contributed by atoms with E-state index in [0.29, 0.717) is 25.4 Å². The summed E-state index contributed by atoms with van der Waals surface area (Å²) in [7, 11) is 1.57. The third kappa shape index (κ3) is 3.56. The van der Waals surface area contributed by atoms with Crippen molar-refractivity contribution in [1.29, 1.82) is 0 Å². The van der Waals surface area contributed by atoms with Crippen LogP contribution in [0.3, 0.4) is 0 Å². The molecule has 1 N–H and O–H groups in total. The number of nitrogens with one attached hydrogen (secondary N) is 1. The van der Waals surface area contributed by atoms with Crippen molar-refractivity contribution in [1.82, 2.24) is 14.8 Å². The van der Waals surface area contributed by atoms with Crippen LogP contribution in [-0.2, 0) is 17.8 Å². The summed E-state index contributed by atoms with van der Waals surface area (Å²) in [4.78, 5) is 16.3. The smallest absolute Gasteiger partial charge is 0.287 e. The number of hydrogen-bond acceptors (Lipinski definition) is 6. The Bertz CT molecular complexity index is 641. The zero-order valence-corrected chi connectivity index (χ0v) is 12.8. The van der Waals surface area contributed by atoms with Crippen LogP contribution in [0.15, 0.2) is 16.4 Å². The highest BCUT2D eigenvalue weighted by molar-refractivity contribution is 7.09. The van der Waals surface area contributed by atoms with Gasteiger partial charge in [0.05, 0.1) is 31.6 Å². The Morgan fingerprint density at radius 3 is 3.00 bits per heavy atom. The maximum absolute atomic E-state index is 12.0. The number of anilines is 1. The van der Waals surface area contributed by atoms with Crippen LogP contribution in [0.4, 0.5) is 5.69 Å². The number of halogens is 1. The highest BCUT2D eigenvalue weighted by Gasteiger charge is 2.09. The van der Waals surface area contributed by atoms with Gasteiger partial charge in [-0.15, -0.1) is 11.3 Å². The van der Waals surface area contributed by atoms with E-state index >= 15 is 0 Å². The van der Waals surface area contributed by atoms with Gasteiger partial charge in [-0.05, 0) is 6.92 Å². The Kier molecular flexibility index (Phi) is 5.11. The molecule has 0 saturated carbocycles. The lowest BCUT2D eigenvalue weighted by Crippen LogP contribution is -2.26. The van der Waals surface area contributed by atoms with Gasteiger partial charge >= 0.3 is 0 Å². The normalized spacial score (nSPS) is 10.8. The summed E-state index contributed by atoms with van der Waals surface area (Å²) in [6.07, 6.45) is 1.54. The van der Waals surface area contributed by atoms with Gasteiger partial charge in [0.15, 0.2) is 0 Å². The molecule has 0 amide bonds. The monoisotopic (exact) mass is 314 g/mol. The molecule has 8 heteroatoms. The number of nitrogens with zero attached hydrogens (tertiary/aromatic N) is 3. The minimum atomic E-state index is -0.330. The number of rotatable bonds is 6. The van der Waals surface area contributed by atoms with Gasteiger partial charge in [0, 0.05) is 18.2 Å². The first-order chi connectivity index (χ1) is 9.61. The third-order valence-corrected chi connectivity index (χ3v) is 3.92. The molecule has 2 rings (SSSR count). The Morgan fingerprint density at radius 2 is 2.35 bits per heavy atom. The minimum absolute atomic E-state index is 0.129. The molecule has 0 radical (unpaired) electrons. The predicted octanol–water partition coefficient (Wildman–Crippen LogP) is 1.92. The summed E-state index contributed by atoms with van der Waals surface area (Å²) < 4.78 is 6.20. The maximum Gasteiger partial charge on any atom is 0.287 e. The fraction of sp³-hybridized carbons (Fsp3) is 0.417. The van der Waals surface area contributed by atoms with E-state index in [-0.39, 0.29) is 10.6 Å². The zero-order chi connectivity index (χ0) is 14.5. The SMILES string of the molecule is COCCn1ncc(NCc2nc(C)cs2)c(Cl)c1=O. The van der Waals surface area contributed by atoms with Crippen LogP contribution in [0.1, 0.15) is 10.7 Å². The second-order valence-electron chi connectivity index (χ2n) is 4.13. The number of aryl methyl sites for hydroxylation is 1. The molecule has 0 unspecified atom stereocenters. The van der Waals surface area contributed by atoms with Crippen molar-refractivity contribution in [2.45, 2.75) is 20.0 Å². The van der Waals surface area contributed by atoms with Crippen LogP contribution in [-0.4, -0.2) is 28.5 Å². The average Bonchev–Trinajstić information content (AvgIpc) is 2.85. The summed E-state index contributed by atoms with van der Waals surface area (Å²) in [5.41, 5.74) is 1.16. The zero-order valence-electron chi connectivity index (χ0n) is 11.2. The van der Waals surface area contributed by atoms with Crippen molar-refractivity contribution >= 4 is 28.6 Å². The van der Waals surface area contributed by atoms with Crippen LogP contribution >= 0.6 is 22.9 Å². The van der Waals surface area contributed by atoms with Gasteiger partial charge in [-0.25, -0.2) is 9.67 Å². The molecule has 0 saturated heterocycles. The molecular formula is C12H15ClN4O2S. The number of aromatic nitrogens is 3. The molecule has 0 aliphatic rings. The molecule has 0 aromatic carbocycles. The van der Waals surface area contributed by atoms with Crippen LogP contribution in [0.2, 0.25) is 5.02 Å². The van der Waals surface area contributed by atoms with Crippen LogP contribution in [0.25, 0.3) is 0 Å². The van der Waals surface area contributed by atoms with Crippen molar-refractivity contribution in [3.8, 4) is 0 Å². The first-order valence-electron chi connectivity index (χ1n) is 6.01. The van der Waals surface area contributed by atoms with Crippen molar-refractivity contribution in [2.75, 3.05) is 19.0 Å². The second-order valence-corrected chi connectivity index (χ2v) is 5.45. The van der Waals surface area contributed by atoms with Gasteiger partial charge in [0.2, 0.25) is 0 Å². The molecule has 2 aromatic rings. The van der Waals surface area contributed by atoms with Crippen molar-refractivity contribution in [3.05, 3.63) is 37.7 Å². The predicted molar refractivity (Wildman–Crippen MR) is 79.6 cm³/mol. The number of thiazole rings is 1. The molecule has 0 atom stereocenters. The lowest BCUT2D eigenvalue weighted by molar-refractivity contribution is 0.182. The molecule has 2 heterocycles. The molecule has 2 aromatic heterocycles. The summed E-state index contributed by atoms with van der Waals surface area (Å²) in [6.45, 7) is 3.24. The van der Waals surface area contributed by atoms with Gasteiger partial charge in [0.25, 0.3) is 5.56 Å². The van der Waals surface area contributed by atoms with E-state index < -0.39 is 0 Å². The quantitative estimate of drug-likeness (QED) is 0.882. The first kappa shape index (κ1) is 15.0. The molecule has 20 heavy (non-hydrogen) atoms. The topological polar surface area (TPSA) is 69.0 Å². The standard InChI is InChI=1S/C12H15ClN4O2S/c1-8-7-20-10(16-8)6-14-9-5-15-17(3-4-19-2)12(18)11(9)13/h5,7,14H,3-4,6H2,1-2H3. The van der Waals surface area contributed by atoms with Crippen LogP contribution in [0, 0.1) is 6.92 Å². The van der Waals surface area contributed by atoms with E-state index in [0.717, 1.165) is 10.7 Å². The van der Waals surface area contributed by atoms with Gasteiger partial charge in [-0.2, -0.15) is 5.10 Å². The Labute approximate surface area is 125 Å². The van der Waals surface area contributed by atoms with Crippen molar-refractivity contribution in [2.24, 2.45) is 0 Å². The molecule has 0 spiro atoms. The van der Waals surface area contributed by atoms with E-state index in [1.165, 1.54) is 4.68 Å². The Balaban J connectivity index is 2.09. The van der Waals surface area contributed by atoms with Crippen LogP contribution in [0.5, 0.6) is 0 Å². The van der Waals surface area contributed by atoms with Gasteiger partial charge in [-0.1, -0.05) is 11.6 Å². The Hall–Kier alpha value is -1.44. The third-order valence-electron chi connectivity index (χ3n) is 2.59. The maximum atomic E-state index is 12.0. The Morgan fingerprint density at radius 1 is 1.55 bits per heavy atom. The molecule has 108 valence electrons. The minimum Gasteiger partial charge on any atom is -0.383 e. The largest absolute Gasteiger partial charge is 0.383 e. The number of methoxy groups -OCH3 is 1. The summed E-state index contributed by atoms with van der Waals surface area (Å²) in [6, 6.07) is 0. The first-order valence-corrected chi connectivity index (χ1v) is 7.27. The lowest BCUT2D eigenvalue weighted by atomic mass is 10.4. The average molecular weight is 315 g/mol. The molecule has 0 fully saturated rings. The van der Waals surface area contributed by atoms with E-state index in [1.807, 2.05) is 12.3 Å². The molecule has 0 aliphatic heterocycles. The summed E-state index contributed by atoms with van der Waals surface area (Å²) >= 11 is 7.61. The van der Waals surface area contributed by atoms with Crippen molar-refractivity contribution < 1.29 is 4.74 Å². The molecule has 6 nitrogen and oxygen atoms in total. The molecular weight excluding hydrogens is 300 g/mol. The lowest BCUT2D eigenvalue weighted by Gasteiger charge is -2.09. The second kappa shape index (κ2) is 6.83. The fourth-order valence-corrected chi connectivity index (χ4v) is 2.50. The molecule has 0 aliphatic carbocycles. The molecule has 0 bridgehead atoms. The van der Waals surface area contributed by atoms with Gasteiger partial charge in [0.1, 0.15) is 10.0 Å². The van der Waals surface area contributed by atoms with Crippen LogP contribution < -0.4 is 10.9 Å². The van der Waals surface area contributed by atoms with Gasteiger partial charge in [-0.3, -0.25) is 4.79 Å². The highest BCUT2D eigenvalue weighted by atomic mass is 35.5. The van der Waals surface area contributed by atoms with Crippen molar-refractivity contribution in [3.63, 3.8) is 0 Å². The summed E-state index contributed by atoms with van der Waals surface area (Å²) in [5, 5.41) is 10.2. The highest BCUT2D eigenvalue weighted by Crippen LogP contribution is 2.17. The van der Waals surface area contributed by atoms with Gasteiger partial charge < -0.3 is 10.1 Å². The fourth-order valence-electron chi connectivity index (χ4n) is 1.58. The summed E-state index contributed by atoms with van der Waals surface area (Å²) in [5.74, 6) is 0. The van der Waals surface area contributed by atoms with E-state index in [2.05, 4.69) is 15.4 Å². The number of hydrogen-bond donors (Lipinski definition) is 1. The number of ether oxygens (including phenoxy) is 1. The van der Waals surface area contributed by atoms with E-state index in [1.54, 1.807) is 24.6 Å². The van der Waals surface area contributed by atoms with E-state index in [4.69, 9.17) is 16.3 Å².